The first-order valence-electron chi connectivity index (χ1n) is 8.77. The SMILES string of the molecule is COc1ccc(CN=C(N)NCCc2ccc(OC)c(OC)c2)c(C(F)(F)F)c1.I. The van der Waals surface area contributed by atoms with Gasteiger partial charge in [-0.25, -0.2) is 4.99 Å². The summed E-state index contributed by atoms with van der Waals surface area (Å²) in [5.41, 5.74) is 6.00. The summed E-state index contributed by atoms with van der Waals surface area (Å²) in [6, 6.07) is 9.28. The smallest absolute Gasteiger partial charge is 0.416 e. The monoisotopic (exact) mass is 539 g/mol. The number of aliphatic imine (C=N–C) groups is 1. The highest BCUT2D eigenvalue weighted by molar-refractivity contribution is 14.0. The van der Waals surface area contributed by atoms with Gasteiger partial charge in [0.25, 0.3) is 0 Å². The molecule has 0 aromatic heterocycles. The van der Waals surface area contributed by atoms with Crippen LogP contribution in [0.25, 0.3) is 0 Å². The van der Waals surface area contributed by atoms with E-state index in [9.17, 15) is 13.2 Å². The van der Waals surface area contributed by atoms with Crippen molar-refractivity contribution >= 4 is 29.9 Å². The minimum atomic E-state index is -4.50. The third-order valence-electron chi connectivity index (χ3n) is 4.21. The van der Waals surface area contributed by atoms with Crippen LogP contribution in [-0.2, 0) is 19.1 Å². The van der Waals surface area contributed by atoms with Crippen LogP contribution in [0.5, 0.6) is 17.2 Å². The molecule has 2 aromatic carbocycles. The van der Waals surface area contributed by atoms with E-state index in [4.69, 9.17) is 19.9 Å². The number of alkyl halides is 3. The number of rotatable bonds is 8. The molecule has 0 atom stereocenters. The molecule has 0 aliphatic rings. The van der Waals surface area contributed by atoms with Crippen LogP contribution in [0.3, 0.4) is 0 Å². The van der Waals surface area contributed by atoms with Crippen molar-refractivity contribution in [2.45, 2.75) is 19.1 Å². The molecule has 10 heteroatoms. The molecule has 0 heterocycles. The fourth-order valence-corrected chi connectivity index (χ4v) is 2.68. The number of hydrogen-bond acceptors (Lipinski definition) is 4. The number of halogens is 4. The van der Waals surface area contributed by atoms with Crippen LogP contribution in [0.2, 0.25) is 0 Å². The molecule has 0 saturated carbocycles. The summed E-state index contributed by atoms with van der Waals surface area (Å²) in [4.78, 5) is 4.01. The first-order valence-corrected chi connectivity index (χ1v) is 8.77. The molecule has 0 fully saturated rings. The topological polar surface area (TPSA) is 78.1 Å². The number of nitrogens with one attached hydrogen (secondary N) is 1. The molecular formula is C20H25F3IN3O3. The molecule has 30 heavy (non-hydrogen) atoms. The lowest BCUT2D eigenvalue weighted by atomic mass is 10.1. The highest BCUT2D eigenvalue weighted by atomic mass is 127. The average molecular weight is 539 g/mol. The zero-order valence-corrected chi connectivity index (χ0v) is 19.2. The highest BCUT2D eigenvalue weighted by Gasteiger charge is 2.33. The number of benzene rings is 2. The molecule has 166 valence electrons. The van der Waals surface area contributed by atoms with Gasteiger partial charge in [-0.2, -0.15) is 13.2 Å². The second-order valence-corrected chi connectivity index (χ2v) is 6.09. The van der Waals surface area contributed by atoms with Crippen LogP contribution >= 0.6 is 24.0 Å². The fraction of sp³-hybridized carbons (Fsp3) is 0.350. The van der Waals surface area contributed by atoms with Gasteiger partial charge in [-0.3, -0.25) is 0 Å². The summed E-state index contributed by atoms with van der Waals surface area (Å²) in [5, 5.41) is 2.90. The van der Waals surface area contributed by atoms with Crippen LogP contribution in [0.1, 0.15) is 16.7 Å². The molecule has 0 aliphatic heterocycles. The first kappa shape index (κ1) is 25.7. The van der Waals surface area contributed by atoms with Gasteiger partial charge in [0.1, 0.15) is 5.75 Å². The Balaban J connectivity index is 0.00000450. The predicted molar refractivity (Wildman–Crippen MR) is 120 cm³/mol. The van der Waals surface area contributed by atoms with Gasteiger partial charge >= 0.3 is 6.18 Å². The molecule has 0 unspecified atom stereocenters. The van der Waals surface area contributed by atoms with Gasteiger partial charge in [-0.15, -0.1) is 24.0 Å². The molecule has 0 saturated heterocycles. The summed E-state index contributed by atoms with van der Waals surface area (Å²) >= 11 is 0. The van der Waals surface area contributed by atoms with E-state index in [0.29, 0.717) is 24.5 Å². The third-order valence-corrected chi connectivity index (χ3v) is 4.21. The quantitative estimate of drug-likeness (QED) is 0.302. The molecule has 3 N–H and O–H groups in total. The van der Waals surface area contributed by atoms with Crippen molar-refractivity contribution < 1.29 is 27.4 Å². The molecule has 2 aromatic rings. The van der Waals surface area contributed by atoms with Gasteiger partial charge in [-0.1, -0.05) is 12.1 Å². The summed E-state index contributed by atoms with van der Waals surface area (Å²) in [6.07, 6.45) is -3.89. The zero-order valence-electron chi connectivity index (χ0n) is 16.9. The van der Waals surface area contributed by atoms with Gasteiger partial charge in [0, 0.05) is 6.54 Å². The van der Waals surface area contributed by atoms with Gasteiger partial charge in [0.05, 0.1) is 33.4 Å². The van der Waals surface area contributed by atoms with E-state index < -0.39 is 11.7 Å². The lowest BCUT2D eigenvalue weighted by Crippen LogP contribution is -2.33. The largest absolute Gasteiger partial charge is 0.497 e. The normalized spacial score (nSPS) is 11.5. The molecule has 0 spiro atoms. The Morgan fingerprint density at radius 3 is 2.30 bits per heavy atom. The lowest BCUT2D eigenvalue weighted by molar-refractivity contribution is -0.138. The van der Waals surface area contributed by atoms with Crippen molar-refractivity contribution in [3.8, 4) is 17.2 Å². The Bertz CT molecular complexity index is 861. The molecule has 0 amide bonds. The van der Waals surface area contributed by atoms with E-state index in [1.54, 1.807) is 20.3 Å². The van der Waals surface area contributed by atoms with Crippen LogP contribution in [0.15, 0.2) is 41.4 Å². The van der Waals surface area contributed by atoms with E-state index in [-0.39, 0.29) is 47.8 Å². The third kappa shape index (κ3) is 7.15. The maximum atomic E-state index is 13.2. The molecule has 0 bridgehead atoms. The predicted octanol–water partition coefficient (Wildman–Crippen LogP) is 4.00. The van der Waals surface area contributed by atoms with Crippen LogP contribution < -0.4 is 25.3 Å². The van der Waals surface area contributed by atoms with Crippen molar-refractivity contribution in [2.24, 2.45) is 10.7 Å². The first-order chi connectivity index (χ1) is 13.8. The molecule has 6 nitrogen and oxygen atoms in total. The Hall–Kier alpha value is -2.37. The zero-order chi connectivity index (χ0) is 21.4. The molecule has 2 rings (SSSR count). The van der Waals surface area contributed by atoms with Crippen LogP contribution in [0.4, 0.5) is 13.2 Å². The van der Waals surface area contributed by atoms with Crippen molar-refractivity contribution in [1.29, 1.82) is 0 Å². The second kappa shape index (κ2) is 11.7. The van der Waals surface area contributed by atoms with E-state index in [2.05, 4.69) is 10.3 Å². The summed E-state index contributed by atoms with van der Waals surface area (Å²) in [7, 11) is 4.43. The Kier molecular flexibility index (Phi) is 10.0. The van der Waals surface area contributed by atoms with Crippen LogP contribution in [-0.4, -0.2) is 33.8 Å². The molecular weight excluding hydrogens is 514 g/mol. The minimum Gasteiger partial charge on any atom is -0.497 e. The van der Waals surface area contributed by atoms with Crippen molar-refractivity contribution in [2.75, 3.05) is 27.9 Å². The highest BCUT2D eigenvalue weighted by Crippen LogP contribution is 2.34. The van der Waals surface area contributed by atoms with Crippen molar-refractivity contribution in [3.05, 3.63) is 53.1 Å². The minimum absolute atomic E-state index is 0. The molecule has 0 radical (unpaired) electrons. The number of hydrogen-bond donors (Lipinski definition) is 2. The maximum absolute atomic E-state index is 13.2. The number of nitrogens with zero attached hydrogens (tertiary/aromatic N) is 1. The van der Waals surface area contributed by atoms with E-state index >= 15 is 0 Å². The standard InChI is InChI=1S/C20H24F3N3O3.HI/c1-27-15-6-5-14(16(11-15)20(21,22)23)12-26-19(24)25-9-8-13-4-7-17(28-2)18(10-13)29-3;/h4-7,10-11H,8-9,12H2,1-3H3,(H3,24,25,26);1H. The number of guanidine groups is 1. The van der Waals surface area contributed by atoms with E-state index in [0.717, 1.165) is 11.6 Å². The van der Waals surface area contributed by atoms with Gasteiger partial charge in [0.15, 0.2) is 17.5 Å². The Morgan fingerprint density at radius 2 is 1.70 bits per heavy atom. The molecule has 0 aliphatic carbocycles. The average Bonchev–Trinajstić information content (AvgIpc) is 2.71. The Labute approximate surface area is 190 Å². The summed E-state index contributed by atoms with van der Waals surface area (Å²) < 4.78 is 55.0. The van der Waals surface area contributed by atoms with Gasteiger partial charge < -0.3 is 25.3 Å². The van der Waals surface area contributed by atoms with E-state index in [1.165, 1.54) is 19.2 Å². The number of nitrogens with two attached hydrogens (primary N) is 1. The van der Waals surface area contributed by atoms with Crippen molar-refractivity contribution in [1.82, 2.24) is 5.32 Å². The summed E-state index contributed by atoms with van der Waals surface area (Å²) in [6.45, 7) is 0.258. The van der Waals surface area contributed by atoms with Crippen molar-refractivity contribution in [3.63, 3.8) is 0 Å². The summed E-state index contributed by atoms with van der Waals surface area (Å²) in [5.74, 6) is 1.44. The second-order valence-electron chi connectivity index (χ2n) is 6.09. The van der Waals surface area contributed by atoms with Gasteiger partial charge in [0.2, 0.25) is 0 Å². The number of ether oxygens (including phenoxy) is 3. The van der Waals surface area contributed by atoms with Crippen LogP contribution in [0, 0.1) is 0 Å². The van der Waals surface area contributed by atoms with Gasteiger partial charge in [-0.05, 0) is 41.8 Å². The number of methoxy groups -OCH3 is 3. The fourth-order valence-electron chi connectivity index (χ4n) is 2.68. The maximum Gasteiger partial charge on any atom is 0.416 e. The van der Waals surface area contributed by atoms with E-state index in [1.807, 2.05) is 12.1 Å². The lowest BCUT2D eigenvalue weighted by Gasteiger charge is -2.13. The Morgan fingerprint density at radius 1 is 1.00 bits per heavy atom.